The Bertz CT molecular complexity index is 620. The summed E-state index contributed by atoms with van der Waals surface area (Å²) in [6.07, 6.45) is 3.09. The van der Waals surface area contributed by atoms with Gasteiger partial charge in [0.05, 0.1) is 11.8 Å². The molecule has 2 rings (SSSR count). The van der Waals surface area contributed by atoms with E-state index in [1.54, 1.807) is 10.9 Å². The summed E-state index contributed by atoms with van der Waals surface area (Å²) in [5.74, 6) is -0.182. The van der Waals surface area contributed by atoms with Crippen LogP contribution in [0, 0.1) is 0 Å². The van der Waals surface area contributed by atoms with E-state index in [0.717, 1.165) is 50.4 Å². The van der Waals surface area contributed by atoms with Crippen molar-refractivity contribution in [2.75, 3.05) is 0 Å². The Labute approximate surface area is 127 Å². The predicted molar refractivity (Wildman–Crippen MR) is 78.5 cm³/mol. The summed E-state index contributed by atoms with van der Waals surface area (Å²) in [4.78, 5) is 0. The van der Waals surface area contributed by atoms with Gasteiger partial charge in [0, 0.05) is 23.9 Å². The minimum atomic E-state index is -4.43. The molecule has 0 aliphatic carbocycles. The highest BCUT2D eigenvalue weighted by Crippen LogP contribution is 2.36. The van der Waals surface area contributed by atoms with E-state index in [2.05, 4.69) is 12.0 Å². The Hall–Kier alpha value is -1.98. The first kappa shape index (κ1) is 16.4. The molecule has 0 aliphatic heterocycles. The molecular formula is C16H19F3N2O. The standard InChI is InChI=1S/C16H19F3N2O/c1-2-3-4-5-8-21-11-12(10-20-21)14-9-13(16(17,18)19)6-7-15(14)22/h6-7,9-11,22H,2-5,8H2,1H3. The van der Waals surface area contributed by atoms with E-state index in [0.29, 0.717) is 5.56 Å². The number of halogens is 3. The topological polar surface area (TPSA) is 38.0 Å². The second-order valence-electron chi connectivity index (χ2n) is 5.28. The molecule has 1 heterocycles. The number of phenols is 1. The summed E-state index contributed by atoms with van der Waals surface area (Å²) in [7, 11) is 0. The van der Waals surface area contributed by atoms with Gasteiger partial charge in [-0.1, -0.05) is 26.2 Å². The van der Waals surface area contributed by atoms with Crippen LogP contribution in [0.25, 0.3) is 11.1 Å². The molecule has 0 atom stereocenters. The van der Waals surface area contributed by atoms with Crippen LogP contribution in [0.5, 0.6) is 5.75 Å². The molecule has 0 unspecified atom stereocenters. The normalized spacial score (nSPS) is 11.8. The number of phenolic OH excluding ortho intramolecular Hbond substituents is 1. The number of alkyl halides is 3. The Morgan fingerprint density at radius 2 is 1.95 bits per heavy atom. The van der Waals surface area contributed by atoms with Crippen molar-refractivity contribution in [2.45, 2.75) is 45.3 Å². The fraction of sp³-hybridized carbons (Fsp3) is 0.438. The van der Waals surface area contributed by atoms with Gasteiger partial charge in [-0.25, -0.2) is 0 Å². The smallest absolute Gasteiger partial charge is 0.416 e. The Kier molecular flexibility index (Phi) is 5.11. The molecule has 0 aliphatic rings. The third-order valence-electron chi connectivity index (χ3n) is 3.51. The van der Waals surface area contributed by atoms with Crippen molar-refractivity contribution in [1.29, 1.82) is 0 Å². The number of benzene rings is 1. The first-order chi connectivity index (χ1) is 10.4. The summed E-state index contributed by atoms with van der Waals surface area (Å²) in [6, 6.07) is 2.89. The van der Waals surface area contributed by atoms with Crippen LogP contribution in [0.4, 0.5) is 13.2 Å². The van der Waals surface area contributed by atoms with Crippen molar-refractivity contribution in [3.05, 3.63) is 36.2 Å². The van der Waals surface area contributed by atoms with E-state index in [9.17, 15) is 18.3 Å². The van der Waals surface area contributed by atoms with Crippen molar-refractivity contribution < 1.29 is 18.3 Å². The lowest BCUT2D eigenvalue weighted by Crippen LogP contribution is -2.04. The van der Waals surface area contributed by atoms with Gasteiger partial charge in [0.25, 0.3) is 0 Å². The molecular weight excluding hydrogens is 293 g/mol. The van der Waals surface area contributed by atoms with Gasteiger partial charge in [-0.05, 0) is 24.6 Å². The first-order valence-corrected chi connectivity index (χ1v) is 7.35. The largest absolute Gasteiger partial charge is 0.507 e. The van der Waals surface area contributed by atoms with Gasteiger partial charge in [0.2, 0.25) is 0 Å². The molecule has 0 saturated heterocycles. The van der Waals surface area contributed by atoms with Gasteiger partial charge in [0.1, 0.15) is 5.75 Å². The lowest BCUT2D eigenvalue weighted by molar-refractivity contribution is -0.137. The van der Waals surface area contributed by atoms with E-state index in [-0.39, 0.29) is 11.3 Å². The van der Waals surface area contributed by atoms with Crippen molar-refractivity contribution in [3.8, 4) is 16.9 Å². The molecule has 1 N–H and O–H groups in total. The van der Waals surface area contributed by atoms with Crippen LogP contribution in [0.15, 0.2) is 30.6 Å². The molecule has 120 valence electrons. The molecule has 0 spiro atoms. The number of aryl methyl sites for hydroxylation is 1. The zero-order valence-electron chi connectivity index (χ0n) is 12.4. The summed E-state index contributed by atoms with van der Waals surface area (Å²) in [5.41, 5.74) is -0.148. The monoisotopic (exact) mass is 312 g/mol. The molecule has 0 bridgehead atoms. The van der Waals surface area contributed by atoms with Gasteiger partial charge >= 0.3 is 6.18 Å². The molecule has 22 heavy (non-hydrogen) atoms. The van der Waals surface area contributed by atoms with Crippen molar-refractivity contribution in [3.63, 3.8) is 0 Å². The van der Waals surface area contributed by atoms with E-state index in [4.69, 9.17) is 0 Å². The molecule has 1 aromatic carbocycles. The zero-order chi connectivity index (χ0) is 16.2. The molecule has 0 radical (unpaired) electrons. The van der Waals surface area contributed by atoms with Crippen LogP contribution < -0.4 is 0 Å². The average Bonchev–Trinajstić information content (AvgIpc) is 2.91. The quantitative estimate of drug-likeness (QED) is 0.774. The molecule has 3 nitrogen and oxygen atoms in total. The number of aromatic hydroxyl groups is 1. The molecule has 1 aromatic heterocycles. The third kappa shape index (κ3) is 4.02. The lowest BCUT2D eigenvalue weighted by atomic mass is 10.0. The first-order valence-electron chi connectivity index (χ1n) is 7.35. The van der Waals surface area contributed by atoms with Crippen molar-refractivity contribution in [2.24, 2.45) is 0 Å². The van der Waals surface area contributed by atoms with Crippen LogP contribution in [0.2, 0.25) is 0 Å². The number of hydrogen-bond donors (Lipinski definition) is 1. The third-order valence-corrected chi connectivity index (χ3v) is 3.51. The molecule has 0 amide bonds. The van der Waals surface area contributed by atoms with Crippen LogP contribution in [-0.2, 0) is 12.7 Å². The summed E-state index contributed by atoms with van der Waals surface area (Å²) in [5, 5.41) is 14.0. The number of hydrogen-bond acceptors (Lipinski definition) is 2. The maximum atomic E-state index is 12.8. The van der Waals surface area contributed by atoms with Crippen molar-refractivity contribution in [1.82, 2.24) is 9.78 Å². The van der Waals surface area contributed by atoms with E-state index >= 15 is 0 Å². The highest BCUT2D eigenvalue weighted by atomic mass is 19.4. The van der Waals surface area contributed by atoms with Crippen molar-refractivity contribution >= 4 is 0 Å². The van der Waals surface area contributed by atoms with E-state index in [1.807, 2.05) is 0 Å². The number of aromatic nitrogens is 2. The highest BCUT2D eigenvalue weighted by Gasteiger charge is 2.31. The minimum Gasteiger partial charge on any atom is -0.507 e. The summed E-state index contributed by atoms with van der Waals surface area (Å²) >= 11 is 0. The Morgan fingerprint density at radius 3 is 2.64 bits per heavy atom. The molecule has 2 aromatic rings. The summed E-state index contributed by atoms with van der Waals surface area (Å²) < 4.78 is 40.0. The molecule has 0 saturated carbocycles. The van der Waals surface area contributed by atoms with Gasteiger partial charge in [-0.15, -0.1) is 0 Å². The SMILES string of the molecule is CCCCCCn1cc(-c2cc(C(F)(F)F)ccc2O)cn1. The average molecular weight is 312 g/mol. The van der Waals surface area contributed by atoms with E-state index in [1.165, 1.54) is 6.20 Å². The van der Waals surface area contributed by atoms with Crippen LogP contribution in [0.1, 0.15) is 38.2 Å². The van der Waals surface area contributed by atoms with Crippen LogP contribution in [0.3, 0.4) is 0 Å². The van der Waals surface area contributed by atoms with Gasteiger partial charge in [-0.2, -0.15) is 18.3 Å². The zero-order valence-corrected chi connectivity index (χ0v) is 12.4. The van der Waals surface area contributed by atoms with Gasteiger partial charge in [0.15, 0.2) is 0 Å². The van der Waals surface area contributed by atoms with Gasteiger partial charge in [-0.3, -0.25) is 4.68 Å². The van der Waals surface area contributed by atoms with Crippen LogP contribution in [-0.4, -0.2) is 14.9 Å². The molecule has 0 fully saturated rings. The maximum absolute atomic E-state index is 12.8. The second-order valence-corrected chi connectivity index (χ2v) is 5.28. The lowest BCUT2D eigenvalue weighted by Gasteiger charge is -2.09. The number of rotatable bonds is 6. The fourth-order valence-corrected chi connectivity index (χ4v) is 2.27. The molecule has 6 heteroatoms. The minimum absolute atomic E-state index is 0.148. The van der Waals surface area contributed by atoms with Crippen LogP contribution >= 0.6 is 0 Å². The Balaban J connectivity index is 2.16. The van der Waals surface area contributed by atoms with Gasteiger partial charge < -0.3 is 5.11 Å². The maximum Gasteiger partial charge on any atom is 0.416 e. The number of nitrogens with zero attached hydrogens (tertiary/aromatic N) is 2. The van der Waals surface area contributed by atoms with E-state index < -0.39 is 11.7 Å². The second kappa shape index (κ2) is 6.85. The Morgan fingerprint density at radius 1 is 1.18 bits per heavy atom. The fourth-order valence-electron chi connectivity index (χ4n) is 2.27. The number of unbranched alkanes of at least 4 members (excludes halogenated alkanes) is 3. The summed E-state index contributed by atoms with van der Waals surface area (Å²) in [6.45, 7) is 2.85. The highest BCUT2D eigenvalue weighted by molar-refractivity contribution is 5.69. The predicted octanol–water partition coefficient (Wildman–Crippen LogP) is 4.85.